The van der Waals surface area contributed by atoms with Crippen LogP contribution in [0.1, 0.15) is 15.9 Å². The molecular formula is C15H12ClNO2. The first kappa shape index (κ1) is 12.1. The summed E-state index contributed by atoms with van der Waals surface area (Å²) in [5.74, 6) is -0.957. The second-order valence-corrected chi connectivity index (χ2v) is 4.88. The van der Waals surface area contributed by atoms with E-state index < -0.39 is 5.97 Å². The molecule has 0 radical (unpaired) electrons. The molecule has 0 saturated heterocycles. The summed E-state index contributed by atoms with van der Waals surface area (Å²) in [5.41, 5.74) is 3.09. The van der Waals surface area contributed by atoms with Crippen molar-refractivity contribution in [2.45, 2.75) is 6.42 Å². The molecule has 1 aliphatic heterocycles. The Labute approximate surface area is 116 Å². The molecule has 0 amide bonds. The van der Waals surface area contributed by atoms with Gasteiger partial charge in [0.15, 0.2) is 0 Å². The predicted molar refractivity (Wildman–Crippen MR) is 75.6 cm³/mol. The smallest absolute Gasteiger partial charge is 0.337 e. The SMILES string of the molecule is O=C(O)c1cccc(Cl)c1N1CCc2ccccc21. The molecule has 2 aromatic rings. The Balaban J connectivity index is 2.17. The Kier molecular flexibility index (Phi) is 2.91. The van der Waals surface area contributed by atoms with E-state index in [2.05, 4.69) is 6.07 Å². The van der Waals surface area contributed by atoms with Crippen LogP contribution in [-0.4, -0.2) is 17.6 Å². The van der Waals surface area contributed by atoms with Gasteiger partial charge in [0, 0.05) is 12.2 Å². The van der Waals surface area contributed by atoms with Crippen molar-refractivity contribution in [3.8, 4) is 0 Å². The number of rotatable bonds is 2. The van der Waals surface area contributed by atoms with Gasteiger partial charge >= 0.3 is 5.97 Å². The number of carboxylic acids is 1. The van der Waals surface area contributed by atoms with Crippen LogP contribution in [0.2, 0.25) is 5.02 Å². The quantitative estimate of drug-likeness (QED) is 0.906. The van der Waals surface area contributed by atoms with E-state index in [1.165, 1.54) is 5.56 Å². The van der Waals surface area contributed by atoms with Crippen molar-refractivity contribution in [1.29, 1.82) is 0 Å². The highest BCUT2D eigenvalue weighted by molar-refractivity contribution is 6.34. The highest BCUT2D eigenvalue weighted by Gasteiger charge is 2.25. The van der Waals surface area contributed by atoms with Crippen molar-refractivity contribution < 1.29 is 9.90 Å². The number of hydrogen-bond donors (Lipinski definition) is 1. The zero-order valence-electron chi connectivity index (χ0n) is 10.1. The van der Waals surface area contributed by atoms with Crippen molar-refractivity contribution in [3.63, 3.8) is 0 Å². The van der Waals surface area contributed by atoms with E-state index in [-0.39, 0.29) is 5.56 Å². The van der Waals surface area contributed by atoms with Gasteiger partial charge in [0.25, 0.3) is 0 Å². The number of nitrogens with zero attached hydrogens (tertiary/aromatic N) is 1. The summed E-state index contributed by atoms with van der Waals surface area (Å²) >= 11 is 6.22. The Morgan fingerprint density at radius 3 is 2.74 bits per heavy atom. The number of fused-ring (bicyclic) bond motifs is 1. The van der Waals surface area contributed by atoms with E-state index in [1.807, 2.05) is 23.1 Å². The first-order valence-electron chi connectivity index (χ1n) is 6.06. The standard InChI is InChI=1S/C15H12ClNO2/c16-12-6-3-5-11(15(18)19)14(12)17-9-8-10-4-1-2-7-13(10)17/h1-7H,8-9H2,(H,18,19). The molecule has 3 rings (SSSR count). The lowest BCUT2D eigenvalue weighted by Gasteiger charge is -2.22. The monoisotopic (exact) mass is 273 g/mol. The minimum absolute atomic E-state index is 0.240. The Bertz CT molecular complexity index is 654. The number of carbonyl (C=O) groups is 1. The first-order chi connectivity index (χ1) is 9.18. The molecule has 1 heterocycles. The van der Waals surface area contributed by atoms with Crippen LogP contribution in [0.15, 0.2) is 42.5 Å². The molecule has 0 atom stereocenters. The summed E-state index contributed by atoms with van der Waals surface area (Å²) in [5, 5.41) is 9.78. The number of benzene rings is 2. The highest BCUT2D eigenvalue weighted by atomic mass is 35.5. The van der Waals surface area contributed by atoms with Crippen LogP contribution in [0, 0.1) is 0 Å². The van der Waals surface area contributed by atoms with Gasteiger partial charge in [-0.2, -0.15) is 0 Å². The maximum Gasteiger partial charge on any atom is 0.337 e. The van der Waals surface area contributed by atoms with Crippen LogP contribution in [-0.2, 0) is 6.42 Å². The molecule has 0 bridgehead atoms. The van der Waals surface area contributed by atoms with E-state index in [4.69, 9.17) is 11.6 Å². The highest BCUT2D eigenvalue weighted by Crippen LogP contribution is 2.40. The van der Waals surface area contributed by atoms with Crippen LogP contribution in [0.5, 0.6) is 0 Å². The molecule has 96 valence electrons. The van der Waals surface area contributed by atoms with Gasteiger partial charge in [0.2, 0.25) is 0 Å². The second-order valence-electron chi connectivity index (χ2n) is 4.47. The van der Waals surface area contributed by atoms with Gasteiger partial charge in [-0.25, -0.2) is 4.79 Å². The van der Waals surface area contributed by atoms with Crippen LogP contribution in [0.25, 0.3) is 0 Å². The van der Waals surface area contributed by atoms with Crippen LogP contribution in [0.4, 0.5) is 11.4 Å². The zero-order valence-corrected chi connectivity index (χ0v) is 10.9. The number of halogens is 1. The van der Waals surface area contributed by atoms with Crippen molar-refractivity contribution >= 4 is 28.9 Å². The third kappa shape index (κ3) is 1.96. The summed E-state index contributed by atoms with van der Waals surface area (Å²) in [4.78, 5) is 13.3. The Morgan fingerprint density at radius 1 is 1.16 bits per heavy atom. The van der Waals surface area contributed by atoms with E-state index in [0.717, 1.165) is 18.7 Å². The molecule has 0 spiro atoms. The van der Waals surface area contributed by atoms with Crippen molar-refractivity contribution in [1.82, 2.24) is 0 Å². The fourth-order valence-electron chi connectivity index (χ4n) is 2.53. The number of para-hydroxylation sites is 2. The van der Waals surface area contributed by atoms with Crippen molar-refractivity contribution in [2.75, 3.05) is 11.4 Å². The minimum atomic E-state index is -0.957. The molecule has 0 aliphatic carbocycles. The van der Waals surface area contributed by atoms with Crippen LogP contribution >= 0.6 is 11.6 Å². The Morgan fingerprint density at radius 2 is 1.95 bits per heavy atom. The molecule has 0 aromatic heterocycles. The number of hydrogen-bond acceptors (Lipinski definition) is 2. The van der Waals surface area contributed by atoms with Crippen molar-refractivity contribution in [2.24, 2.45) is 0 Å². The molecule has 0 fully saturated rings. The van der Waals surface area contributed by atoms with Gasteiger partial charge in [-0.1, -0.05) is 35.9 Å². The summed E-state index contributed by atoms with van der Waals surface area (Å²) < 4.78 is 0. The fraction of sp³-hybridized carbons (Fsp3) is 0.133. The average molecular weight is 274 g/mol. The largest absolute Gasteiger partial charge is 0.478 e. The molecular weight excluding hydrogens is 262 g/mol. The maximum atomic E-state index is 11.4. The molecule has 0 unspecified atom stereocenters. The topological polar surface area (TPSA) is 40.5 Å². The molecule has 1 aliphatic rings. The first-order valence-corrected chi connectivity index (χ1v) is 6.43. The molecule has 2 aromatic carbocycles. The van der Waals surface area contributed by atoms with Gasteiger partial charge in [-0.3, -0.25) is 0 Å². The molecule has 1 N–H and O–H groups in total. The molecule has 4 heteroatoms. The van der Waals surface area contributed by atoms with Gasteiger partial charge in [-0.05, 0) is 30.2 Å². The van der Waals surface area contributed by atoms with E-state index in [0.29, 0.717) is 10.7 Å². The lowest BCUT2D eigenvalue weighted by atomic mass is 10.1. The second kappa shape index (κ2) is 4.59. The lowest BCUT2D eigenvalue weighted by Crippen LogP contribution is -2.17. The molecule has 19 heavy (non-hydrogen) atoms. The normalized spacial score (nSPS) is 13.4. The van der Waals surface area contributed by atoms with Gasteiger partial charge in [0.1, 0.15) is 0 Å². The van der Waals surface area contributed by atoms with Gasteiger partial charge in [-0.15, -0.1) is 0 Å². The van der Waals surface area contributed by atoms with Crippen molar-refractivity contribution in [3.05, 3.63) is 58.6 Å². The van der Waals surface area contributed by atoms with E-state index in [1.54, 1.807) is 18.2 Å². The number of aromatic carboxylic acids is 1. The third-order valence-corrected chi connectivity index (χ3v) is 3.68. The number of carboxylic acid groups (broad SMARTS) is 1. The maximum absolute atomic E-state index is 11.4. The van der Waals surface area contributed by atoms with E-state index in [9.17, 15) is 9.90 Å². The summed E-state index contributed by atoms with van der Waals surface area (Å²) in [6.07, 6.45) is 0.903. The third-order valence-electron chi connectivity index (χ3n) is 3.37. The minimum Gasteiger partial charge on any atom is -0.478 e. The summed E-state index contributed by atoms with van der Waals surface area (Å²) in [7, 11) is 0. The fourth-order valence-corrected chi connectivity index (χ4v) is 2.81. The Hall–Kier alpha value is -2.00. The summed E-state index contributed by atoms with van der Waals surface area (Å²) in [6, 6.07) is 13.0. The van der Waals surface area contributed by atoms with Crippen LogP contribution in [0.3, 0.4) is 0 Å². The zero-order chi connectivity index (χ0) is 13.4. The van der Waals surface area contributed by atoms with Gasteiger partial charge in [0.05, 0.1) is 16.3 Å². The molecule has 3 nitrogen and oxygen atoms in total. The van der Waals surface area contributed by atoms with Crippen LogP contribution < -0.4 is 4.90 Å². The molecule has 0 saturated carbocycles. The van der Waals surface area contributed by atoms with Gasteiger partial charge < -0.3 is 10.0 Å². The van der Waals surface area contributed by atoms with E-state index >= 15 is 0 Å². The summed E-state index contributed by atoms with van der Waals surface area (Å²) in [6.45, 7) is 0.753. The average Bonchev–Trinajstić information content (AvgIpc) is 2.82. The number of anilines is 2. The predicted octanol–water partition coefficient (Wildman–Crippen LogP) is 3.73. The lowest BCUT2D eigenvalue weighted by molar-refractivity contribution is 0.0697.